The van der Waals surface area contributed by atoms with Crippen LogP contribution in [0.25, 0.3) is 0 Å². The van der Waals surface area contributed by atoms with Crippen molar-refractivity contribution in [2.75, 3.05) is 5.73 Å². The lowest BCUT2D eigenvalue weighted by atomic mass is 9.94. The smallest absolute Gasteiger partial charge is 0.242 e. The quantitative estimate of drug-likeness (QED) is 0.738. The second-order valence-electron chi connectivity index (χ2n) is 4.82. The average Bonchev–Trinajstić information content (AvgIpc) is 2.31. The monoisotopic (exact) mass is 304 g/mol. The molecule has 2 rings (SSSR count). The Morgan fingerprint density at radius 2 is 1.89 bits per heavy atom. The molecule has 5 nitrogen and oxygen atoms in total. The van der Waals surface area contributed by atoms with Gasteiger partial charge in [-0.05, 0) is 43.9 Å². The lowest BCUT2D eigenvalue weighted by molar-refractivity contribution is 0.120. The molecule has 0 radical (unpaired) electrons. The predicted octanol–water partition coefficient (Wildman–Crippen LogP) is 1.50. The topological polar surface area (TPSA) is 92.4 Å². The van der Waals surface area contributed by atoms with Crippen molar-refractivity contribution in [1.29, 1.82) is 0 Å². The highest BCUT2D eigenvalue weighted by Crippen LogP contribution is 2.25. The molecule has 0 unspecified atom stereocenters. The maximum absolute atomic E-state index is 12.2. The van der Waals surface area contributed by atoms with E-state index in [1.54, 1.807) is 0 Å². The van der Waals surface area contributed by atoms with E-state index in [9.17, 15) is 13.5 Å². The summed E-state index contributed by atoms with van der Waals surface area (Å²) in [7, 11) is -3.64. The van der Waals surface area contributed by atoms with Gasteiger partial charge in [0.25, 0.3) is 0 Å². The lowest BCUT2D eigenvalue weighted by Gasteiger charge is -2.26. The van der Waals surface area contributed by atoms with Gasteiger partial charge in [-0.25, -0.2) is 13.1 Å². The van der Waals surface area contributed by atoms with Gasteiger partial charge in [0.1, 0.15) is 4.90 Å². The van der Waals surface area contributed by atoms with Crippen molar-refractivity contribution in [3.8, 4) is 0 Å². The molecular formula is C12H17ClN2O3S. The summed E-state index contributed by atoms with van der Waals surface area (Å²) >= 11 is 5.92. The molecule has 4 N–H and O–H groups in total. The predicted molar refractivity (Wildman–Crippen MR) is 74.4 cm³/mol. The number of nitrogens with two attached hydrogens (primary N) is 1. The molecule has 1 aromatic rings. The molecule has 0 spiro atoms. The van der Waals surface area contributed by atoms with Crippen LogP contribution in [0.4, 0.5) is 5.69 Å². The van der Waals surface area contributed by atoms with Crippen molar-refractivity contribution in [2.45, 2.75) is 42.7 Å². The highest BCUT2D eigenvalue weighted by atomic mass is 35.5. The second-order valence-corrected chi connectivity index (χ2v) is 6.91. The minimum Gasteiger partial charge on any atom is -0.399 e. The number of halogens is 1. The van der Waals surface area contributed by atoms with Crippen LogP contribution in [0.5, 0.6) is 0 Å². The number of anilines is 1. The Morgan fingerprint density at radius 1 is 1.26 bits per heavy atom. The van der Waals surface area contributed by atoms with Gasteiger partial charge in [-0.15, -0.1) is 0 Å². The van der Waals surface area contributed by atoms with E-state index < -0.39 is 10.0 Å². The van der Waals surface area contributed by atoms with E-state index in [4.69, 9.17) is 17.3 Å². The third-order valence-corrected chi connectivity index (χ3v) is 5.27. The molecule has 0 aliphatic heterocycles. The lowest BCUT2D eigenvalue weighted by Crippen LogP contribution is -2.38. The highest BCUT2D eigenvalue weighted by Gasteiger charge is 2.26. The second kappa shape index (κ2) is 5.66. The number of hydrogen-bond acceptors (Lipinski definition) is 4. The van der Waals surface area contributed by atoms with Crippen molar-refractivity contribution < 1.29 is 13.5 Å². The van der Waals surface area contributed by atoms with Crippen LogP contribution in [0, 0.1) is 0 Å². The fourth-order valence-electron chi connectivity index (χ4n) is 2.21. The zero-order valence-electron chi connectivity index (χ0n) is 10.3. The molecule has 0 bridgehead atoms. The molecule has 1 aliphatic carbocycles. The standard InChI is InChI=1S/C12H17ClN2O3S/c13-11-7-8(14)1-6-12(11)19(17,18)15-9-2-4-10(16)5-3-9/h1,6-7,9-10,15-16H,2-5,14H2. The summed E-state index contributed by atoms with van der Waals surface area (Å²) in [6, 6.07) is 4.17. The number of aliphatic hydroxyl groups is 1. The first-order valence-electron chi connectivity index (χ1n) is 6.14. The van der Waals surface area contributed by atoms with E-state index >= 15 is 0 Å². The maximum atomic E-state index is 12.2. The minimum atomic E-state index is -3.64. The van der Waals surface area contributed by atoms with E-state index in [1.165, 1.54) is 18.2 Å². The Kier molecular flexibility index (Phi) is 4.35. The van der Waals surface area contributed by atoms with Crippen LogP contribution in [0.3, 0.4) is 0 Å². The summed E-state index contributed by atoms with van der Waals surface area (Å²) in [5.74, 6) is 0. The molecule has 0 aromatic heterocycles. The van der Waals surface area contributed by atoms with Gasteiger partial charge < -0.3 is 10.8 Å². The third-order valence-electron chi connectivity index (χ3n) is 3.26. The largest absolute Gasteiger partial charge is 0.399 e. The van der Waals surface area contributed by atoms with Gasteiger partial charge in [0.15, 0.2) is 0 Å². The molecule has 7 heteroatoms. The van der Waals surface area contributed by atoms with E-state index in [0.29, 0.717) is 31.4 Å². The van der Waals surface area contributed by atoms with Crippen molar-refractivity contribution in [3.63, 3.8) is 0 Å². The number of rotatable bonds is 3. The first kappa shape index (κ1) is 14.6. The normalized spacial score (nSPS) is 24.3. The molecule has 19 heavy (non-hydrogen) atoms. The van der Waals surface area contributed by atoms with Crippen LogP contribution >= 0.6 is 11.6 Å². The molecule has 1 aromatic carbocycles. The Labute approximate surface area is 117 Å². The van der Waals surface area contributed by atoms with Gasteiger partial charge in [0, 0.05) is 11.7 Å². The van der Waals surface area contributed by atoms with Crippen molar-refractivity contribution in [2.24, 2.45) is 0 Å². The number of nitrogen functional groups attached to an aromatic ring is 1. The fourth-order valence-corrected chi connectivity index (χ4v) is 4.07. The molecule has 0 amide bonds. The zero-order chi connectivity index (χ0) is 14.0. The van der Waals surface area contributed by atoms with Crippen LogP contribution in [0.15, 0.2) is 23.1 Å². The van der Waals surface area contributed by atoms with Gasteiger partial charge in [-0.1, -0.05) is 11.6 Å². The fraction of sp³-hybridized carbons (Fsp3) is 0.500. The first-order valence-corrected chi connectivity index (χ1v) is 8.00. The van der Waals surface area contributed by atoms with Gasteiger partial charge in [0.2, 0.25) is 10.0 Å². The van der Waals surface area contributed by atoms with Crippen LogP contribution < -0.4 is 10.5 Å². The molecule has 1 aliphatic rings. The molecule has 0 heterocycles. The van der Waals surface area contributed by atoms with Crippen LogP contribution in [-0.2, 0) is 10.0 Å². The van der Waals surface area contributed by atoms with Crippen molar-refractivity contribution >= 4 is 27.3 Å². The Balaban J connectivity index is 2.14. The first-order chi connectivity index (χ1) is 8.88. The molecule has 1 saturated carbocycles. The molecular weight excluding hydrogens is 288 g/mol. The molecule has 106 valence electrons. The Bertz CT molecular complexity index is 554. The summed E-state index contributed by atoms with van der Waals surface area (Å²) < 4.78 is 27.1. The van der Waals surface area contributed by atoms with Gasteiger partial charge in [-0.2, -0.15) is 0 Å². The average molecular weight is 305 g/mol. The van der Waals surface area contributed by atoms with Gasteiger partial charge in [0.05, 0.1) is 11.1 Å². The SMILES string of the molecule is Nc1ccc(S(=O)(=O)NC2CCC(O)CC2)c(Cl)c1. The number of sulfonamides is 1. The Hall–Kier alpha value is -0.820. The van der Waals surface area contributed by atoms with Gasteiger partial charge in [-0.3, -0.25) is 0 Å². The number of aliphatic hydroxyl groups excluding tert-OH is 1. The summed E-state index contributed by atoms with van der Waals surface area (Å²) in [6.45, 7) is 0. The maximum Gasteiger partial charge on any atom is 0.242 e. The van der Waals surface area contributed by atoms with E-state index in [2.05, 4.69) is 4.72 Å². The van der Waals surface area contributed by atoms with Crippen LogP contribution in [-0.4, -0.2) is 25.7 Å². The van der Waals surface area contributed by atoms with Crippen LogP contribution in [0.1, 0.15) is 25.7 Å². The third kappa shape index (κ3) is 3.60. The summed E-state index contributed by atoms with van der Waals surface area (Å²) in [5, 5.41) is 9.52. The number of nitrogens with one attached hydrogen (secondary N) is 1. The Morgan fingerprint density at radius 3 is 2.47 bits per heavy atom. The van der Waals surface area contributed by atoms with E-state index in [1.807, 2.05) is 0 Å². The summed E-state index contributed by atoms with van der Waals surface area (Å²) in [4.78, 5) is 0.0366. The molecule has 0 saturated heterocycles. The molecule has 1 fully saturated rings. The van der Waals surface area contributed by atoms with E-state index in [-0.39, 0.29) is 22.1 Å². The van der Waals surface area contributed by atoms with Gasteiger partial charge >= 0.3 is 0 Å². The zero-order valence-corrected chi connectivity index (χ0v) is 11.9. The minimum absolute atomic E-state index is 0.0366. The van der Waals surface area contributed by atoms with E-state index in [0.717, 1.165) is 0 Å². The highest BCUT2D eigenvalue weighted by molar-refractivity contribution is 7.89. The molecule has 0 atom stereocenters. The van der Waals surface area contributed by atoms with Crippen molar-refractivity contribution in [1.82, 2.24) is 4.72 Å². The number of hydrogen-bond donors (Lipinski definition) is 3. The summed E-state index contributed by atoms with van der Waals surface area (Å²) in [6.07, 6.45) is 2.17. The van der Waals surface area contributed by atoms with Crippen molar-refractivity contribution in [3.05, 3.63) is 23.2 Å². The summed E-state index contributed by atoms with van der Waals surface area (Å²) in [5.41, 5.74) is 5.96. The van der Waals surface area contributed by atoms with Crippen LogP contribution in [0.2, 0.25) is 5.02 Å². The number of benzene rings is 1.